The van der Waals surface area contributed by atoms with Crippen LogP contribution >= 0.6 is 0 Å². The maximum Gasteiger partial charge on any atom is 0.337 e. The van der Waals surface area contributed by atoms with E-state index < -0.39 is 43.0 Å². The molecule has 1 aliphatic heterocycles. The number of carbonyl (C=O) groups excluding carboxylic acids is 1. The maximum atomic E-state index is 11.6. The first kappa shape index (κ1) is 19.0. The molecule has 1 rings (SSSR count). The third-order valence-electron chi connectivity index (χ3n) is 3.25. The zero-order valence-electron chi connectivity index (χ0n) is 12.8. The Morgan fingerprint density at radius 3 is 2.55 bits per heavy atom. The minimum Gasteiger partial charge on any atom is -0.467 e. The van der Waals surface area contributed by atoms with E-state index in [4.69, 9.17) is 14.2 Å². The summed E-state index contributed by atoms with van der Waals surface area (Å²) in [5, 5.41) is 29.5. The van der Waals surface area contributed by atoms with Crippen LogP contribution < -0.4 is 0 Å². The molecule has 0 saturated carbocycles. The molecule has 0 spiro atoms. The van der Waals surface area contributed by atoms with Gasteiger partial charge in [0.15, 0.2) is 18.7 Å². The van der Waals surface area contributed by atoms with Crippen LogP contribution in [-0.2, 0) is 23.7 Å². The average molecular weight is 320 g/mol. The van der Waals surface area contributed by atoms with Crippen LogP contribution in [0.15, 0.2) is 12.7 Å². The molecule has 0 amide bonds. The van der Waals surface area contributed by atoms with E-state index in [2.05, 4.69) is 11.3 Å². The van der Waals surface area contributed by atoms with Crippen LogP contribution in [0, 0.1) is 0 Å². The lowest BCUT2D eigenvalue weighted by Gasteiger charge is -2.40. The fourth-order valence-corrected chi connectivity index (χ4v) is 2.05. The van der Waals surface area contributed by atoms with Gasteiger partial charge in [0.25, 0.3) is 0 Å². The lowest BCUT2D eigenvalue weighted by Crippen LogP contribution is -2.61. The van der Waals surface area contributed by atoms with Gasteiger partial charge in [0.05, 0.1) is 7.11 Å². The summed E-state index contributed by atoms with van der Waals surface area (Å²) in [6.07, 6.45) is -5.47. The molecule has 128 valence electrons. The van der Waals surface area contributed by atoms with E-state index in [9.17, 15) is 20.1 Å². The summed E-state index contributed by atoms with van der Waals surface area (Å²) in [7, 11) is 1.12. The van der Waals surface area contributed by atoms with E-state index in [0.29, 0.717) is 19.4 Å². The largest absolute Gasteiger partial charge is 0.467 e. The van der Waals surface area contributed by atoms with Crippen molar-refractivity contribution >= 4 is 5.97 Å². The van der Waals surface area contributed by atoms with Crippen LogP contribution in [0.4, 0.5) is 0 Å². The van der Waals surface area contributed by atoms with Crippen molar-refractivity contribution in [3.8, 4) is 0 Å². The minimum absolute atomic E-state index is 0.371. The fourth-order valence-electron chi connectivity index (χ4n) is 2.05. The molecule has 0 bridgehead atoms. The number of rotatable bonds is 8. The Morgan fingerprint density at radius 2 is 2.00 bits per heavy atom. The van der Waals surface area contributed by atoms with Crippen molar-refractivity contribution in [2.24, 2.45) is 0 Å². The Bertz CT molecular complexity index is 361. The molecule has 8 heteroatoms. The van der Waals surface area contributed by atoms with E-state index in [-0.39, 0.29) is 0 Å². The van der Waals surface area contributed by atoms with Crippen LogP contribution in [0.5, 0.6) is 0 Å². The molecule has 0 aliphatic carbocycles. The molecular weight excluding hydrogens is 296 g/mol. The minimum atomic E-state index is -1.61. The molecule has 1 saturated heterocycles. The topological polar surface area (TPSA) is 115 Å². The van der Waals surface area contributed by atoms with E-state index >= 15 is 0 Å². The van der Waals surface area contributed by atoms with Gasteiger partial charge in [0.2, 0.25) is 0 Å². The van der Waals surface area contributed by atoms with Gasteiger partial charge < -0.3 is 34.3 Å². The number of ether oxygens (including phenoxy) is 4. The molecule has 8 nitrogen and oxygen atoms in total. The van der Waals surface area contributed by atoms with Crippen LogP contribution in [0.25, 0.3) is 0 Å². The van der Waals surface area contributed by atoms with Crippen molar-refractivity contribution in [3.63, 3.8) is 0 Å². The number of hydrogen-bond donors (Lipinski definition) is 3. The predicted molar refractivity (Wildman–Crippen MR) is 74.6 cm³/mol. The van der Waals surface area contributed by atoms with Crippen molar-refractivity contribution in [1.29, 1.82) is 0 Å². The SMILES string of the molecule is C=CCCC(OCC)OC1O[C@H](C(=O)OC)[C@@H](O)[C@H](O)[C@H]1O. The quantitative estimate of drug-likeness (QED) is 0.306. The molecule has 0 aromatic heterocycles. The Hall–Kier alpha value is -1.03. The highest BCUT2D eigenvalue weighted by atomic mass is 16.8. The van der Waals surface area contributed by atoms with Crippen LogP contribution in [-0.4, -0.2) is 72.0 Å². The van der Waals surface area contributed by atoms with Crippen LogP contribution in [0.3, 0.4) is 0 Å². The third-order valence-corrected chi connectivity index (χ3v) is 3.25. The monoisotopic (exact) mass is 320 g/mol. The van der Waals surface area contributed by atoms with Gasteiger partial charge in [-0.3, -0.25) is 0 Å². The first-order valence-corrected chi connectivity index (χ1v) is 7.11. The summed E-state index contributed by atoms with van der Waals surface area (Å²) in [4.78, 5) is 11.6. The smallest absolute Gasteiger partial charge is 0.337 e. The molecule has 6 atom stereocenters. The normalized spacial score (nSPS) is 33.2. The molecular formula is C14H24O8. The number of methoxy groups -OCH3 is 1. The number of allylic oxidation sites excluding steroid dienone is 1. The molecule has 0 radical (unpaired) electrons. The van der Waals surface area contributed by atoms with Gasteiger partial charge in [-0.15, -0.1) is 6.58 Å². The predicted octanol–water partition coefficient (Wildman–Crippen LogP) is -0.688. The highest BCUT2D eigenvalue weighted by Crippen LogP contribution is 2.25. The van der Waals surface area contributed by atoms with Gasteiger partial charge in [-0.1, -0.05) is 6.08 Å². The van der Waals surface area contributed by atoms with Crippen LogP contribution in [0.1, 0.15) is 19.8 Å². The highest BCUT2D eigenvalue weighted by molar-refractivity contribution is 5.75. The second kappa shape index (κ2) is 9.19. The third kappa shape index (κ3) is 4.73. The summed E-state index contributed by atoms with van der Waals surface area (Å²) in [6.45, 7) is 5.74. The van der Waals surface area contributed by atoms with E-state index in [1.165, 1.54) is 0 Å². The Kier molecular flexibility index (Phi) is 7.94. The van der Waals surface area contributed by atoms with Gasteiger partial charge in [-0.2, -0.15) is 0 Å². The molecule has 1 aliphatic rings. The van der Waals surface area contributed by atoms with Gasteiger partial charge in [0, 0.05) is 13.0 Å². The second-order valence-electron chi connectivity index (χ2n) is 4.81. The molecule has 2 unspecified atom stereocenters. The van der Waals surface area contributed by atoms with Crippen molar-refractivity contribution in [3.05, 3.63) is 12.7 Å². The summed E-state index contributed by atoms with van der Waals surface area (Å²) < 4.78 is 20.5. The molecule has 0 aromatic carbocycles. The van der Waals surface area contributed by atoms with Gasteiger partial charge in [0.1, 0.15) is 18.3 Å². The fraction of sp³-hybridized carbons (Fsp3) is 0.786. The highest BCUT2D eigenvalue weighted by Gasteiger charge is 2.48. The Labute approximate surface area is 129 Å². The van der Waals surface area contributed by atoms with Gasteiger partial charge in [-0.25, -0.2) is 4.79 Å². The number of carbonyl (C=O) groups is 1. The number of aliphatic hydroxyl groups is 3. The van der Waals surface area contributed by atoms with E-state index in [1.807, 2.05) is 0 Å². The van der Waals surface area contributed by atoms with E-state index in [0.717, 1.165) is 7.11 Å². The molecule has 1 fully saturated rings. The summed E-state index contributed by atoms with van der Waals surface area (Å²) in [5.74, 6) is -0.869. The zero-order valence-corrected chi connectivity index (χ0v) is 12.8. The maximum absolute atomic E-state index is 11.6. The molecule has 0 aromatic rings. The number of esters is 1. The first-order valence-electron chi connectivity index (χ1n) is 7.11. The van der Waals surface area contributed by atoms with Crippen molar-refractivity contribution in [2.45, 2.75) is 56.8 Å². The van der Waals surface area contributed by atoms with Crippen LogP contribution in [0.2, 0.25) is 0 Å². The molecule has 3 N–H and O–H groups in total. The average Bonchev–Trinajstić information content (AvgIpc) is 2.52. The Morgan fingerprint density at radius 1 is 1.32 bits per heavy atom. The summed E-state index contributed by atoms with van der Waals surface area (Å²) in [6, 6.07) is 0. The molecule has 22 heavy (non-hydrogen) atoms. The van der Waals surface area contributed by atoms with Crippen molar-refractivity contribution in [2.75, 3.05) is 13.7 Å². The van der Waals surface area contributed by atoms with E-state index in [1.54, 1.807) is 13.0 Å². The first-order chi connectivity index (χ1) is 10.5. The number of aliphatic hydroxyl groups excluding tert-OH is 3. The Balaban J connectivity index is 2.77. The number of hydrogen-bond acceptors (Lipinski definition) is 8. The molecule has 1 heterocycles. The lowest BCUT2D eigenvalue weighted by atomic mass is 9.99. The second-order valence-corrected chi connectivity index (χ2v) is 4.81. The summed E-state index contributed by atoms with van der Waals surface area (Å²) in [5.41, 5.74) is 0. The van der Waals surface area contributed by atoms with Crippen molar-refractivity contribution < 1.29 is 39.1 Å². The lowest BCUT2D eigenvalue weighted by molar-refractivity contribution is -0.331. The van der Waals surface area contributed by atoms with Crippen molar-refractivity contribution in [1.82, 2.24) is 0 Å². The van der Waals surface area contributed by atoms with Gasteiger partial charge in [-0.05, 0) is 13.3 Å². The zero-order chi connectivity index (χ0) is 16.7. The standard InChI is InChI=1S/C14H24O8/c1-4-6-7-8(20-5-2)21-14-11(17)9(15)10(16)12(22-14)13(18)19-3/h4,8-12,14-17H,1,5-7H2,2-3H3/t8?,9-,10-,11+,12-,14?/m0/s1. The van der Waals surface area contributed by atoms with Gasteiger partial charge >= 0.3 is 5.97 Å². The summed E-state index contributed by atoms with van der Waals surface area (Å²) >= 11 is 0.